The number of rotatable bonds is 7. The first-order valence-electron chi connectivity index (χ1n) is 9.63. The first kappa shape index (κ1) is 20.9. The number of nitrogens with zero attached hydrogens (tertiary/aromatic N) is 2. The third-order valence-electron chi connectivity index (χ3n) is 4.41. The third-order valence-corrected chi connectivity index (χ3v) is 4.41. The van der Waals surface area contributed by atoms with E-state index in [1.807, 2.05) is 45.0 Å². The Morgan fingerprint density at radius 2 is 2.10 bits per heavy atom. The summed E-state index contributed by atoms with van der Waals surface area (Å²) in [6, 6.07) is 10.1. The lowest BCUT2D eigenvalue weighted by Gasteiger charge is -2.12. The fourth-order valence-electron chi connectivity index (χ4n) is 3.15. The van der Waals surface area contributed by atoms with E-state index < -0.39 is 5.97 Å². The Morgan fingerprint density at radius 3 is 2.80 bits per heavy atom. The molecule has 2 aromatic rings. The molecule has 154 valence electrons. The van der Waals surface area contributed by atoms with Crippen molar-refractivity contribution in [2.24, 2.45) is 10.9 Å². The largest absolute Gasteiger partial charge is 0.502 e. The van der Waals surface area contributed by atoms with Gasteiger partial charge in [-0.2, -0.15) is 0 Å². The summed E-state index contributed by atoms with van der Waals surface area (Å²) in [6.07, 6.45) is 2.57. The van der Waals surface area contributed by atoms with Crippen molar-refractivity contribution in [2.75, 3.05) is 6.61 Å². The average molecular weight is 405 g/mol. The van der Waals surface area contributed by atoms with E-state index in [-0.39, 0.29) is 23.2 Å². The predicted molar refractivity (Wildman–Crippen MR) is 114 cm³/mol. The molecule has 1 aliphatic rings. The van der Waals surface area contributed by atoms with Crippen LogP contribution in [-0.4, -0.2) is 24.5 Å². The van der Waals surface area contributed by atoms with Crippen LogP contribution in [0.3, 0.4) is 0 Å². The first-order chi connectivity index (χ1) is 14.4. The maximum Gasteiger partial charge on any atom is 0.364 e. The Hall–Kier alpha value is -3.79. The molecule has 0 unspecified atom stereocenters. The molecule has 0 aliphatic heterocycles. The molecule has 1 aliphatic carbocycles. The molecule has 0 saturated carbocycles. The fraction of sp³-hybridized carbons (Fsp3) is 0.261. The molecule has 7 heteroatoms. The number of ether oxygens (including phenoxy) is 2. The third kappa shape index (κ3) is 4.44. The van der Waals surface area contributed by atoms with Crippen molar-refractivity contribution in [1.29, 1.82) is 0 Å². The van der Waals surface area contributed by atoms with E-state index >= 15 is 0 Å². The molecule has 0 fully saturated rings. The van der Waals surface area contributed by atoms with Gasteiger partial charge in [-0.1, -0.05) is 23.4 Å². The van der Waals surface area contributed by atoms with Gasteiger partial charge in [0.15, 0.2) is 5.84 Å². The van der Waals surface area contributed by atoms with Crippen LogP contribution in [0.1, 0.15) is 47.8 Å². The monoisotopic (exact) mass is 405 g/mol. The smallest absolute Gasteiger partial charge is 0.364 e. The fourth-order valence-corrected chi connectivity index (χ4v) is 3.15. The van der Waals surface area contributed by atoms with Gasteiger partial charge in [0.1, 0.15) is 11.5 Å². The van der Waals surface area contributed by atoms with Crippen LogP contribution in [0.4, 0.5) is 5.69 Å². The minimum Gasteiger partial charge on any atom is -0.502 e. The summed E-state index contributed by atoms with van der Waals surface area (Å²) in [6.45, 7) is 13.5. The van der Waals surface area contributed by atoms with Gasteiger partial charge in [-0.25, -0.2) is 9.64 Å². The molecule has 30 heavy (non-hydrogen) atoms. The van der Waals surface area contributed by atoms with E-state index in [0.29, 0.717) is 24.3 Å². The number of hydrogen-bond donors (Lipinski definition) is 1. The van der Waals surface area contributed by atoms with Crippen LogP contribution in [0.15, 0.2) is 47.6 Å². The van der Waals surface area contributed by atoms with Gasteiger partial charge >= 0.3 is 5.97 Å². The Kier molecular flexibility index (Phi) is 6.38. The van der Waals surface area contributed by atoms with Crippen molar-refractivity contribution in [3.63, 3.8) is 0 Å². The molecule has 2 N–H and O–H groups in total. The average Bonchev–Trinajstić information content (AvgIpc) is 3.15. The molecular weight excluding hydrogens is 382 g/mol. The van der Waals surface area contributed by atoms with E-state index in [2.05, 4.69) is 10.0 Å². The Balaban J connectivity index is 1.77. The summed E-state index contributed by atoms with van der Waals surface area (Å²) in [5, 5.41) is 3.82. The van der Waals surface area contributed by atoms with E-state index in [9.17, 15) is 4.79 Å². The summed E-state index contributed by atoms with van der Waals surface area (Å²) in [4.78, 5) is 20.8. The van der Waals surface area contributed by atoms with E-state index in [1.165, 1.54) is 12.1 Å². The maximum atomic E-state index is 12.4. The number of amidine groups is 1. The number of carbonyl (C=O) groups is 1. The van der Waals surface area contributed by atoms with Crippen molar-refractivity contribution in [3.8, 4) is 5.75 Å². The summed E-state index contributed by atoms with van der Waals surface area (Å²) in [7, 11) is 0. The normalized spacial score (nSPS) is 12.8. The Labute approximate surface area is 175 Å². The predicted octanol–water partition coefficient (Wildman–Crippen LogP) is 4.44. The highest BCUT2D eigenvalue weighted by Gasteiger charge is 2.20. The molecule has 7 nitrogen and oxygen atoms in total. The van der Waals surface area contributed by atoms with Gasteiger partial charge in [0.2, 0.25) is 5.69 Å². The van der Waals surface area contributed by atoms with Crippen molar-refractivity contribution >= 4 is 23.3 Å². The van der Waals surface area contributed by atoms with Crippen LogP contribution >= 0.6 is 0 Å². The second-order valence-electron chi connectivity index (χ2n) is 6.85. The van der Waals surface area contributed by atoms with E-state index in [4.69, 9.17) is 26.6 Å². The minimum absolute atomic E-state index is 0.0852. The molecular formula is C23H23N3O4. The second-order valence-corrected chi connectivity index (χ2v) is 6.85. The topological polar surface area (TPSA) is 87.5 Å². The number of fused-ring (bicyclic) bond motifs is 1. The Morgan fingerprint density at radius 1 is 1.30 bits per heavy atom. The number of carbonyl (C=O) groups excluding carboxylic acids is 1. The van der Waals surface area contributed by atoms with E-state index in [1.54, 1.807) is 6.07 Å². The number of oxime groups is 1. The van der Waals surface area contributed by atoms with Gasteiger partial charge in [0.05, 0.1) is 24.8 Å². The van der Waals surface area contributed by atoms with Crippen LogP contribution in [0.25, 0.3) is 10.6 Å². The lowest BCUT2D eigenvalue weighted by atomic mass is 10.0. The summed E-state index contributed by atoms with van der Waals surface area (Å²) in [5.74, 6) is 0.614. The summed E-state index contributed by atoms with van der Waals surface area (Å²) in [5.41, 5.74) is 9.13. The van der Waals surface area contributed by atoms with Gasteiger partial charge in [-0.05, 0) is 57.0 Å². The number of allylic oxidation sites excluding steroid dienone is 1. The molecule has 0 bridgehead atoms. The second kappa shape index (κ2) is 9.14. The highest BCUT2D eigenvalue weighted by molar-refractivity contribution is 6.01. The van der Waals surface area contributed by atoms with Crippen molar-refractivity contribution in [3.05, 3.63) is 76.1 Å². The standard InChI is InChI=1S/C23H23N3O4/c1-5-28-20-12-10-16-17(20)7-6-8-18(16)22(24)26-30-23(27)15-9-11-21(29-14(2)3)19(13-15)25-4/h6-9,11-14H,5,10H2,1-3H3,(H2,24,26). The zero-order valence-electron chi connectivity index (χ0n) is 17.1. The number of benzene rings is 2. The van der Waals surface area contributed by atoms with Gasteiger partial charge in [-0.3, -0.25) is 0 Å². The van der Waals surface area contributed by atoms with Gasteiger partial charge in [0, 0.05) is 11.1 Å². The summed E-state index contributed by atoms with van der Waals surface area (Å²) < 4.78 is 11.2. The number of nitrogens with two attached hydrogens (primary N) is 1. The Bertz CT molecular complexity index is 1060. The van der Waals surface area contributed by atoms with Crippen molar-refractivity contribution < 1.29 is 19.1 Å². The van der Waals surface area contributed by atoms with Crippen LogP contribution in [0, 0.1) is 6.57 Å². The lowest BCUT2D eigenvalue weighted by Crippen LogP contribution is -2.17. The van der Waals surface area contributed by atoms with Gasteiger partial charge in [-0.15, -0.1) is 0 Å². The lowest BCUT2D eigenvalue weighted by molar-refractivity contribution is 0.0516. The molecule has 0 aromatic heterocycles. The first-order valence-corrected chi connectivity index (χ1v) is 9.63. The van der Waals surface area contributed by atoms with E-state index in [0.717, 1.165) is 16.9 Å². The van der Waals surface area contributed by atoms with Crippen LogP contribution in [0.5, 0.6) is 5.75 Å². The highest BCUT2D eigenvalue weighted by Crippen LogP contribution is 2.31. The summed E-state index contributed by atoms with van der Waals surface area (Å²) >= 11 is 0. The minimum atomic E-state index is -0.709. The van der Waals surface area contributed by atoms with Gasteiger partial charge in [0.25, 0.3) is 0 Å². The molecule has 2 aromatic carbocycles. The number of hydrogen-bond acceptors (Lipinski definition) is 5. The van der Waals surface area contributed by atoms with Crippen molar-refractivity contribution in [2.45, 2.75) is 33.3 Å². The van der Waals surface area contributed by atoms with Crippen LogP contribution < -0.4 is 10.5 Å². The molecule has 0 atom stereocenters. The maximum absolute atomic E-state index is 12.4. The molecule has 0 amide bonds. The van der Waals surface area contributed by atoms with Crippen LogP contribution in [-0.2, 0) is 16.0 Å². The van der Waals surface area contributed by atoms with Crippen molar-refractivity contribution in [1.82, 2.24) is 0 Å². The molecule has 0 heterocycles. The zero-order chi connectivity index (χ0) is 21.7. The van der Waals surface area contributed by atoms with Gasteiger partial charge < -0.3 is 20.0 Å². The van der Waals surface area contributed by atoms with Crippen LogP contribution in [0.2, 0.25) is 0 Å². The molecule has 0 spiro atoms. The zero-order valence-corrected chi connectivity index (χ0v) is 17.1. The quantitative estimate of drug-likeness (QED) is 0.242. The highest BCUT2D eigenvalue weighted by atomic mass is 16.7. The molecule has 0 radical (unpaired) electrons. The molecule has 3 rings (SSSR count). The molecule has 0 saturated heterocycles. The SMILES string of the molecule is [C-]#[N+]c1cc(C(=O)ON=C(N)c2cccc3c2CC=C3OCC)ccc1OC(C)C.